The van der Waals surface area contributed by atoms with E-state index in [9.17, 15) is 10.2 Å². The van der Waals surface area contributed by atoms with Crippen molar-refractivity contribution in [2.45, 2.75) is 88.5 Å². The maximum Gasteiger partial charge on any atom is 0.131 e. The van der Waals surface area contributed by atoms with Gasteiger partial charge in [0.2, 0.25) is 0 Å². The van der Waals surface area contributed by atoms with Crippen molar-refractivity contribution in [2.24, 2.45) is 0 Å². The Bertz CT molecular complexity index is 3130. The summed E-state index contributed by atoms with van der Waals surface area (Å²) in [5.74, 6) is 1.93. The third kappa shape index (κ3) is 10.1. The van der Waals surface area contributed by atoms with Crippen LogP contribution in [-0.4, -0.2) is 23.4 Å². The first kappa shape index (κ1) is 46.5. The predicted molar refractivity (Wildman–Crippen MR) is 281 cm³/mol. The van der Waals surface area contributed by atoms with Crippen molar-refractivity contribution in [3.8, 4) is 89.8 Å². The monoisotopic (exact) mass is 884 g/mol. The first-order chi connectivity index (χ1) is 32.2. The SMILES string of the molecule is CCc1ccc(-c2ccc(OCCCCOc3ccc(-c4cc(C)ccc4C)cc3-c3cc(C)cc(-c4cc(C)ccc4C)c3O)c(-c3cc(C)cc(-c4cc(C)ccc4C)c3O)c2)c(C)c1. The molecule has 0 radical (unpaired) electrons. The average Bonchev–Trinajstić information content (AvgIpc) is 3.31. The fourth-order valence-corrected chi connectivity index (χ4v) is 9.38. The molecule has 0 amide bonds. The molecular formula is C63H64O4. The van der Waals surface area contributed by atoms with Crippen molar-refractivity contribution in [2.75, 3.05) is 13.2 Å². The first-order valence-corrected chi connectivity index (χ1v) is 23.7. The number of hydrogen-bond donors (Lipinski definition) is 2. The Morgan fingerprint density at radius 1 is 0.328 bits per heavy atom. The molecule has 340 valence electrons. The van der Waals surface area contributed by atoms with Gasteiger partial charge in [0.05, 0.1) is 13.2 Å². The minimum absolute atomic E-state index is 0.242. The highest BCUT2D eigenvalue weighted by Crippen LogP contribution is 2.47. The van der Waals surface area contributed by atoms with Gasteiger partial charge in [0, 0.05) is 33.4 Å². The van der Waals surface area contributed by atoms with E-state index in [4.69, 9.17) is 9.47 Å². The van der Waals surface area contributed by atoms with E-state index < -0.39 is 0 Å². The molecule has 2 N–H and O–H groups in total. The van der Waals surface area contributed by atoms with E-state index >= 15 is 0 Å². The minimum Gasteiger partial charge on any atom is -0.507 e. The summed E-state index contributed by atoms with van der Waals surface area (Å²) in [6, 6.07) is 46.9. The van der Waals surface area contributed by atoms with Gasteiger partial charge >= 0.3 is 0 Å². The topological polar surface area (TPSA) is 58.9 Å². The summed E-state index contributed by atoms with van der Waals surface area (Å²) in [6.07, 6.45) is 2.47. The van der Waals surface area contributed by atoms with Crippen LogP contribution in [-0.2, 0) is 6.42 Å². The van der Waals surface area contributed by atoms with Crippen LogP contribution in [0.25, 0.3) is 66.8 Å². The zero-order valence-electron chi connectivity index (χ0n) is 40.9. The van der Waals surface area contributed by atoms with E-state index in [0.29, 0.717) is 13.2 Å². The highest BCUT2D eigenvalue weighted by atomic mass is 16.5. The summed E-state index contributed by atoms with van der Waals surface area (Å²) in [5, 5.41) is 24.3. The van der Waals surface area contributed by atoms with Gasteiger partial charge in [-0.3, -0.25) is 0 Å². The van der Waals surface area contributed by atoms with Crippen LogP contribution in [0.15, 0.2) is 133 Å². The van der Waals surface area contributed by atoms with Crippen LogP contribution < -0.4 is 9.47 Å². The summed E-state index contributed by atoms with van der Waals surface area (Å²) in [5.41, 5.74) is 22.9. The lowest BCUT2D eigenvalue weighted by Crippen LogP contribution is -2.04. The smallest absolute Gasteiger partial charge is 0.131 e. The molecule has 0 aliphatic rings. The summed E-state index contributed by atoms with van der Waals surface area (Å²) in [7, 11) is 0. The molecule has 0 spiro atoms. The molecule has 0 aromatic heterocycles. The lowest BCUT2D eigenvalue weighted by molar-refractivity contribution is 0.267. The van der Waals surface area contributed by atoms with Gasteiger partial charge in [-0.15, -0.1) is 0 Å². The molecule has 67 heavy (non-hydrogen) atoms. The molecule has 0 atom stereocenters. The molecule has 0 aliphatic heterocycles. The van der Waals surface area contributed by atoms with Crippen molar-refractivity contribution in [3.63, 3.8) is 0 Å². The van der Waals surface area contributed by atoms with Crippen LogP contribution in [0.1, 0.15) is 75.4 Å². The summed E-state index contributed by atoms with van der Waals surface area (Å²) in [6.45, 7) is 22.1. The number of ether oxygens (including phenoxy) is 2. The number of rotatable bonds is 14. The second-order valence-corrected chi connectivity index (χ2v) is 18.7. The molecule has 8 rings (SSSR count). The van der Waals surface area contributed by atoms with E-state index in [-0.39, 0.29) is 11.5 Å². The molecule has 8 aromatic rings. The number of hydrogen-bond acceptors (Lipinski definition) is 4. The van der Waals surface area contributed by atoms with Crippen LogP contribution >= 0.6 is 0 Å². The van der Waals surface area contributed by atoms with Crippen LogP contribution in [0.2, 0.25) is 0 Å². The maximum atomic E-state index is 12.1. The van der Waals surface area contributed by atoms with Crippen molar-refractivity contribution < 1.29 is 19.7 Å². The highest BCUT2D eigenvalue weighted by Gasteiger charge is 2.21. The quantitative estimate of drug-likeness (QED) is 0.107. The van der Waals surface area contributed by atoms with Gasteiger partial charge in [0.1, 0.15) is 23.0 Å². The van der Waals surface area contributed by atoms with Crippen molar-refractivity contribution in [3.05, 3.63) is 189 Å². The number of aromatic hydroxyl groups is 2. The van der Waals surface area contributed by atoms with E-state index in [1.807, 2.05) is 0 Å². The van der Waals surface area contributed by atoms with Gasteiger partial charge in [-0.05, 0) is 202 Å². The van der Waals surface area contributed by atoms with Gasteiger partial charge in [0.25, 0.3) is 0 Å². The molecule has 4 heteroatoms. The molecule has 4 nitrogen and oxygen atoms in total. The number of phenols is 2. The van der Waals surface area contributed by atoms with Crippen LogP contribution in [0.5, 0.6) is 23.0 Å². The van der Waals surface area contributed by atoms with E-state index in [1.54, 1.807) is 0 Å². The lowest BCUT2D eigenvalue weighted by Gasteiger charge is -2.19. The zero-order valence-corrected chi connectivity index (χ0v) is 40.9. The van der Waals surface area contributed by atoms with Gasteiger partial charge in [-0.2, -0.15) is 0 Å². The molecule has 0 saturated carbocycles. The number of unbranched alkanes of at least 4 members (excludes halogenated alkanes) is 1. The Labute approximate surface area is 398 Å². The Morgan fingerprint density at radius 2 is 0.716 bits per heavy atom. The molecular weight excluding hydrogens is 821 g/mol. The maximum absolute atomic E-state index is 12.1. The molecule has 0 heterocycles. The Morgan fingerprint density at radius 3 is 1.15 bits per heavy atom. The average molecular weight is 885 g/mol. The number of benzene rings is 8. The van der Waals surface area contributed by atoms with Crippen molar-refractivity contribution >= 4 is 0 Å². The molecule has 0 fully saturated rings. The number of aryl methyl sites for hydroxylation is 10. The summed E-state index contributed by atoms with van der Waals surface area (Å²) < 4.78 is 13.3. The van der Waals surface area contributed by atoms with Crippen molar-refractivity contribution in [1.29, 1.82) is 0 Å². The standard InChI is InChI=1S/C63H64O4/c1-11-47-20-23-50(46(10)35-47)48-21-24-60(54(36-48)58-33-41(5)31-56(62(58)64)52-29-39(3)15-18-44(52)8)66-26-12-13-27-67-61-25-22-49(51-28-38(2)14-17-43(51)7)37-55(61)59-34-42(6)32-57(63(59)65)53-30-40(4)16-19-45(53)9/h14-25,28-37,64-65H,11-13,26-27H2,1-10H3. The lowest BCUT2D eigenvalue weighted by atomic mass is 9.90. The largest absolute Gasteiger partial charge is 0.507 e. The summed E-state index contributed by atoms with van der Waals surface area (Å²) >= 11 is 0. The normalized spacial score (nSPS) is 11.3. The predicted octanol–water partition coefficient (Wildman–Crippen LogP) is 16.7. The van der Waals surface area contributed by atoms with Gasteiger partial charge in [-0.25, -0.2) is 0 Å². The van der Waals surface area contributed by atoms with Crippen LogP contribution in [0.4, 0.5) is 0 Å². The summed E-state index contributed by atoms with van der Waals surface area (Å²) in [4.78, 5) is 0. The molecule has 0 saturated heterocycles. The van der Waals surface area contributed by atoms with Gasteiger partial charge < -0.3 is 19.7 Å². The third-order valence-corrected chi connectivity index (χ3v) is 13.2. The highest BCUT2D eigenvalue weighted by molar-refractivity contribution is 5.90. The Kier molecular flexibility index (Phi) is 13.8. The third-order valence-electron chi connectivity index (χ3n) is 13.2. The molecule has 0 unspecified atom stereocenters. The molecule has 0 bridgehead atoms. The van der Waals surface area contributed by atoms with Crippen molar-refractivity contribution in [1.82, 2.24) is 0 Å². The van der Waals surface area contributed by atoms with Crippen LogP contribution in [0.3, 0.4) is 0 Å². The second-order valence-electron chi connectivity index (χ2n) is 18.7. The first-order valence-electron chi connectivity index (χ1n) is 23.7. The van der Waals surface area contributed by atoms with Gasteiger partial charge in [0.15, 0.2) is 0 Å². The van der Waals surface area contributed by atoms with E-state index in [2.05, 4.69) is 203 Å². The molecule has 0 aliphatic carbocycles. The Hall–Kier alpha value is -7.04. The van der Waals surface area contributed by atoms with Gasteiger partial charge in [-0.1, -0.05) is 109 Å². The second kappa shape index (κ2) is 19.8. The zero-order chi connectivity index (χ0) is 47.5. The number of phenolic OH excluding ortho intramolecular Hbond substituents is 2. The van der Waals surface area contributed by atoms with Crippen LogP contribution in [0, 0.1) is 62.3 Å². The molecule has 8 aromatic carbocycles. The minimum atomic E-state index is 0.242. The van der Waals surface area contributed by atoms with E-state index in [0.717, 1.165) is 131 Å². The Balaban J connectivity index is 1.08. The fourth-order valence-electron chi connectivity index (χ4n) is 9.38. The fraction of sp³-hybridized carbons (Fsp3) is 0.238. The van der Waals surface area contributed by atoms with E-state index in [1.165, 1.54) is 22.3 Å².